The van der Waals surface area contributed by atoms with Crippen molar-refractivity contribution in [2.24, 2.45) is 0 Å². The first kappa shape index (κ1) is 22.2. The maximum atomic E-state index is 13.0. The van der Waals surface area contributed by atoms with Gasteiger partial charge in [0.1, 0.15) is 18.9 Å². The van der Waals surface area contributed by atoms with E-state index < -0.39 is 11.9 Å². The molecule has 0 spiro atoms. The van der Waals surface area contributed by atoms with Crippen LogP contribution in [0.3, 0.4) is 0 Å². The van der Waals surface area contributed by atoms with Crippen molar-refractivity contribution in [2.75, 3.05) is 20.8 Å². The van der Waals surface area contributed by atoms with Gasteiger partial charge in [0.25, 0.3) is 5.91 Å². The zero-order valence-corrected chi connectivity index (χ0v) is 17.9. The molecule has 2 aromatic carbocycles. The highest BCUT2D eigenvalue weighted by atomic mass is 35.5. The molecule has 1 heterocycles. The fourth-order valence-electron chi connectivity index (χ4n) is 2.84. The molecule has 7 nitrogen and oxygen atoms in total. The highest BCUT2D eigenvalue weighted by Gasteiger charge is 2.23. The van der Waals surface area contributed by atoms with Gasteiger partial charge in [0.05, 0.1) is 14.2 Å². The summed E-state index contributed by atoms with van der Waals surface area (Å²) in [5, 5.41) is 0.584. The molecule has 3 rings (SSSR count). The number of furan rings is 1. The number of carbonyl (C=O) groups is 2. The minimum Gasteiger partial charge on any atom is -0.493 e. The summed E-state index contributed by atoms with van der Waals surface area (Å²) in [4.78, 5) is 26.2. The molecule has 0 aliphatic carbocycles. The molecule has 0 saturated heterocycles. The van der Waals surface area contributed by atoms with E-state index in [1.165, 1.54) is 12.0 Å². The van der Waals surface area contributed by atoms with Crippen LogP contribution >= 0.6 is 11.6 Å². The molecule has 3 aromatic rings. The molecule has 162 valence electrons. The first-order chi connectivity index (χ1) is 15.0. The zero-order chi connectivity index (χ0) is 22.2. The van der Waals surface area contributed by atoms with Gasteiger partial charge in [-0.1, -0.05) is 35.9 Å². The van der Waals surface area contributed by atoms with Gasteiger partial charge in [-0.05, 0) is 42.0 Å². The number of amides is 1. The second-order valence-electron chi connectivity index (χ2n) is 6.57. The Balaban J connectivity index is 1.71. The third kappa shape index (κ3) is 6.02. The van der Waals surface area contributed by atoms with Crippen LogP contribution in [0.2, 0.25) is 5.02 Å². The van der Waals surface area contributed by atoms with Crippen molar-refractivity contribution in [1.82, 2.24) is 4.90 Å². The second kappa shape index (κ2) is 10.5. The number of carbonyl (C=O) groups excluding carboxylic acids is 2. The normalized spacial score (nSPS) is 10.4. The Morgan fingerprint density at radius 1 is 0.968 bits per heavy atom. The quantitative estimate of drug-likeness (QED) is 0.458. The largest absolute Gasteiger partial charge is 0.493 e. The monoisotopic (exact) mass is 443 g/mol. The topological polar surface area (TPSA) is 78.2 Å². The minimum absolute atomic E-state index is 0.0940. The Labute approximate surface area is 185 Å². The van der Waals surface area contributed by atoms with Crippen molar-refractivity contribution in [3.05, 3.63) is 82.8 Å². The Morgan fingerprint density at radius 2 is 1.68 bits per heavy atom. The van der Waals surface area contributed by atoms with Gasteiger partial charge in [-0.15, -0.1) is 0 Å². The van der Waals surface area contributed by atoms with Crippen molar-refractivity contribution >= 4 is 23.5 Å². The number of para-hydroxylation sites is 2. The summed E-state index contributed by atoms with van der Waals surface area (Å²) in [6, 6.07) is 17.4. The van der Waals surface area contributed by atoms with Crippen molar-refractivity contribution in [3.8, 4) is 11.5 Å². The smallest absolute Gasteiger partial charge is 0.325 e. The number of benzene rings is 2. The zero-order valence-electron chi connectivity index (χ0n) is 17.2. The van der Waals surface area contributed by atoms with E-state index in [4.69, 9.17) is 30.2 Å². The summed E-state index contributed by atoms with van der Waals surface area (Å²) in [5.74, 6) is 0.731. The predicted molar refractivity (Wildman–Crippen MR) is 114 cm³/mol. The highest BCUT2D eigenvalue weighted by Crippen LogP contribution is 2.27. The van der Waals surface area contributed by atoms with Gasteiger partial charge in [0, 0.05) is 11.6 Å². The molecule has 0 fully saturated rings. The molecular weight excluding hydrogens is 422 g/mol. The number of hydrogen-bond acceptors (Lipinski definition) is 6. The first-order valence-electron chi connectivity index (χ1n) is 9.45. The molecule has 0 unspecified atom stereocenters. The number of ether oxygens (including phenoxy) is 3. The summed E-state index contributed by atoms with van der Waals surface area (Å²) in [6.45, 7) is 0.0897. The van der Waals surface area contributed by atoms with E-state index in [1.54, 1.807) is 55.6 Å². The van der Waals surface area contributed by atoms with Gasteiger partial charge in [0.2, 0.25) is 0 Å². The van der Waals surface area contributed by atoms with Gasteiger partial charge in [-0.2, -0.15) is 0 Å². The number of halogens is 1. The van der Waals surface area contributed by atoms with E-state index in [2.05, 4.69) is 0 Å². The van der Waals surface area contributed by atoms with E-state index >= 15 is 0 Å². The summed E-state index contributed by atoms with van der Waals surface area (Å²) in [5.41, 5.74) is 0.813. The van der Waals surface area contributed by atoms with Gasteiger partial charge in [-0.25, -0.2) is 0 Å². The fraction of sp³-hybridized carbons (Fsp3) is 0.217. The van der Waals surface area contributed by atoms with Crippen LogP contribution in [0.25, 0.3) is 0 Å². The third-order valence-corrected chi connectivity index (χ3v) is 4.68. The molecular formula is C23H22ClNO6. The summed E-state index contributed by atoms with van der Waals surface area (Å²) in [7, 11) is 2.83. The van der Waals surface area contributed by atoms with E-state index in [9.17, 15) is 9.59 Å². The van der Waals surface area contributed by atoms with E-state index in [0.29, 0.717) is 22.3 Å². The van der Waals surface area contributed by atoms with Crippen molar-refractivity contribution in [1.29, 1.82) is 0 Å². The first-order valence-corrected chi connectivity index (χ1v) is 9.83. The molecule has 8 heteroatoms. The molecule has 0 aliphatic rings. The molecule has 0 radical (unpaired) electrons. The van der Waals surface area contributed by atoms with Crippen LogP contribution in [0.1, 0.15) is 21.9 Å². The SMILES string of the molecule is COC(=O)CN(Cc1ccc(Cl)cc1)C(=O)c1ccc(COc2ccccc2OC)o1. The lowest BCUT2D eigenvalue weighted by Crippen LogP contribution is -2.35. The maximum Gasteiger partial charge on any atom is 0.325 e. The van der Waals surface area contributed by atoms with Crippen LogP contribution in [0, 0.1) is 0 Å². The molecule has 0 atom stereocenters. The van der Waals surface area contributed by atoms with E-state index in [0.717, 1.165) is 5.56 Å². The fourth-order valence-corrected chi connectivity index (χ4v) is 2.97. The Kier molecular flexibility index (Phi) is 7.56. The molecule has 31 heavy (non-hydrogen) atoms. The summed E-state index contributed by atoms with van der Waals surface area (Å²) < 4.78 is 21.4. The van der Waals surface area contributed by atoms with Crippen LogP contribution in [0.5, 0.6) is 11.5 Å². The molecule has 0 saturated carbocycles. The van der Waals surface area contributed by atoms with Crippen LogP contribution in [-0.4, -0.2) is 37.5 Å². The van der Waals surface area contributed by atoms with Crippen molar-refractivity contribution < 1.29 is 28.2 Å². The Hall–Kier alpha value is -3.45. The average molecular weight is 444 g/mol. The van der Waals surface area contributed by atoms with Crippen LogP contribution in [0.4, 0.5) is 0 Å². The van der Waals surface area contributed by atoms with Gasteiger partial charge in [-0.3, -0.25) is 9.59 Å². The minimum atomic E-state index is -0.534. The molecule has 0 bridgehead atoms. The van der Waals surface area contributed by atoms with Crippen LogP contribution in [0.15, 0.2) is 65.1 Å². The van der Waals surface area contributed by atoms with Gasteiger partial charge in [0.15, 0.2) is 17.3 Å². The van der Waals surface area contributed by atoms with Crippen LogP contribution in [-0.2, 0) is 22.7 Å². The highest BCUT2D eigenvalue weighted by molar-refractivity contribution is 6.30. The van der Waals surface area contributed by atoms with Gasteiger partial charge < -0.3 is 23.5 Å². The molecule has 1 amide bonds. The van der Waals surface area contributed by atoms with Crippen molar-refractivity contribution in [2.45, 2.75) is 13.2 Å². The summed E-state index contributed by atoms with van der Waals surface area (Å²) in [6.07, 6.45) is 0. The molecule has 0 aliphatic heterocycles. The Morgan fingerprint density at radius 3 is 2.35 bits per heavy atom. The summed E-state index contributed by atoms with van der Waals surface area (Å²) >= 11 is 5.92. The molecule has 1 aromatic heterocycles. The van der Waals surface area contributed by atoms with E-state index in [-0.39, 0.29) is 25.5 Å². The lowest BCUT2D eigenvalue weighted by atomic mass is 10.2. The van der Waals surface area contributed by atoms with Gasteiger partial charge >= 0.3 is 5.97 Å². The lowest BCUT2D eigenvalue weighted by molar-refractivity contribution is -0.141. The Bertz CT molecular complexity index is 1030. The number of rotatable bonds is 9. The number of hydrogen-bond donors (Lipinski definition) is 0. The average Bonchev–Trinajstić information content (AvgIpc) is 3.27. The predicted octanol–water partition coefficient (Wildman–Crippen LogP) is 4.34. The van der Waals surface area contributed by atoms with Crippen LogP contribution < -0.4 is 9.47 Å². The third-order valence-electron chi connectivity index (χ3n) is 4.43. The van der Waals surface area contributed by atoms with E-state index in [1.807, 2.05) is 12.1 Å². The van der Waals surface area contributed by atoms with Crippen molar-refractivity contribution in [3.63, 3.8) is 0 Å². The number of esters is 1. The maximum absolute atomic E-state index is 13.0. The number of methoxy groups -OCH3 is 2. The second-order valence-corrected chi connectivity index (χ2v) is 7.01. The lowest BCUT2D eigenvalue weighted by Gasteiger charge is -2.20. The standard InChI is InChI=1S/C23H22ClNO6/c1-28-19-5-3-4-6-20(19)30-15-18-11-12-21(31-18)23(27)25(14-22(26)29-2)13-16-7-9-17(24)10-8-16/h3-12H,13-15H2,1-2H3. The molecule has 0 N–H and O–H groups in total. The number of nitrogens with zero attached hydrogens (tertiary/aromatic N) is 1.